The van der Waals surface area contributed by atoms with Crippen molar-refractivity contribution in [3.8, 4) is 0 Å². The average molecular weight is 327 g/mol. The third-order valence-corrected chi connectivity index (χ3v) is 4.76. The molecule has 0 spiro atoms. The largest absolute Gasteiger partial charge is 0.349 e. The van der Waals surface area contributed by atoms with Gasteiger partial charge in [-0.2, -0.15) is 5.10 Å². The fourth-order valence-electron chi connectivity index (χ4n) is 2.80. The standard InChI is InChI=1S/C15H23ClN4O2/c1-10-14(16)11(2)20(17-10)9-13(21)19-7-5-12(6-8-19)15(22)18(3)4/h12H,5-9H2,1-4H3. The molecule has 0 aliphatic carbocycles. The fraction of sp³-hybridized carbons (Fsp3) is 0.667. The van der Waals surface area contributed by atoms with E-state index in [1.165, 1.54) is 0 Å². The highest BCUT2D eigenvalue weighted by molar-refractivity contribution is 6.31. The molecule has 0 N–H and O–H groups in total. The summed E-state index contributed by atoms with van der Waals surface area (Å²) in [6, 6.07) is 0. The van der Waals surface area contributed by atoms with Crippen LogP contribution in [0.4, 0.5) is 0 Å². The highest BCUT2D eigenvalue weighted by Crippen LogP contribution is 2.21. The van der Waals surface area contributed by atoms with Gasteiger partial charge in [0.15, 0.2) is 0 Å². The molecule has 22 heavy (non-hydrogen) atoms. The van der Waals surface area contributed by atoms with E-state index in [1.807, 2.05) is 18.7 Å². The molecule has 1 saturated heterocycles. The van der Waals surface area contributed by atoms with Crippen molar-refractivity contribution in [1.29, 1.82) is 0 Å². The summed E-state index contributed by atoms with van der Waals surface area (Å²) in [4.78, 5) is 27.8. The van der Waals surface area contributed by atoms with Crippen LogP contribution in [0.5, 0.6) is 0 Å². The molecule has 122 valence electrons. The van der Waals surface area contributed by atoms with E-state index < -0.39 is 0 Å². The van der Waals surface area contributed by atoms with E-state index in [-0.39, 0.29) is 24.3 Å². The van der Waals surface area contributed by atoms with Crippen molar-refractivity contribution in [2.75, 3.05) is 27.2 Å². The molecular formula is C15H23ClN4O2. The van der Waals surface area contributed by atoms with Gasteiger partial charge < -0.3 is 9.80 Å². The van der Waals surface area contributed by atoms with Crippen molar-refractivity contribution in [2.45, 2.75) is 33.2 Å². The van der Waals surface area contributed by atoms with Crippen LogP contribution < -0.4 is 0 Å². The maximum absolute atomic E-state index is 12.4. The summed E-state index contributed by atoms with van der Waals surface area (Å²) < 4.78 is 1.65. The SMILES string of the molecule is Cc1nn(CC(=O)N2CCC(C(=O)N(C)C)CC2)c(C)c1Cl. The smallest absolute Gasteiger partial charge is 0.244 e. The lowest BCUT2D eigenvalue weighted by Crippen LogP contribution is -2.44. The first-order chi connectivity index (χ1) is 10.3. The van der Waals surface area contributed by atoms with E-state index in [2.05, 4.69) is 5.10 Å². The topological polar surface area (TPSA) is 58.4 Å². The molecule has 0 aromatic carbocycles. The van der Waals surface area contributed by atoms with E-state index in [9.17, 15) is 9.59 Å². The molecule has 0 atom stereocenters. The Hall–Kier alpha value is -1.56. The van der Waals surface area contributed by atoms with E-state index in [0.717, 1.165) is 24.2 Å². The first kappa shape index (κ1) is 16.8. The molecule has 0 radical (unpaired) electrons. The van der Waals surface area contributed by atoms with Crippen LogP contribution in [-0.2, 0) is 16.1 Å². The number of likely N-dealkylation sites (tertiary alicyclic amines) is 1. The van der Waals surface area contributed by atoms with E-state index in [1.54, 1.807) is 23.7 Å². The van der Waals surface area contributed by atoms with E-state index >= 15 is 0 Å². The van der Waals surface area contributed by atoms with Gasteiger partial charge in [-0.15, -0.1) is 0 Å². The van der Waals surface area contributed by atoms with Crippen molar-refractivity contribution in [3.05, 3.63) is 16.4 Å². The molecule has 0 bridgehead atoms. The Morgan fingerprint density at radius 3 is 2.32 bits per heavy atom. The number of amides is 2. The minimum absolute atomic E-state index is 0.0259. The minimum atomic E-state index is 0.0259. The number of nitrogens with zero attached hydrogens (tertiary/aromatic N) is 4. The molecule has 7 heteroatoms. The van der Waals surface area contributed by atoms with Crippen LogP contribution in [0.1, 0.15) is 24.2 Å². The zero-order valence-electron chi connectivity index (χ0n) is 13.6. The molecule has 1 fully saturated rings. The molecule has 2 amide bonds. The van der Waals surface area contributed by atoms with Gasteiger partial charge in [0.1, 0.15) is 6.54 Å². The van der Waals surface area contributed by atoms with E-state index in [4.69, 9.17) is 11.6 Å². The van der Waals surface area contributed by atoms with Gasteiger partial charge in [-0.1, -0.05) is 11.6 Å². The lowest BCUT2D eigenvalue weighted by atomic mass is 9.95. The number of carbonyl (C=O) groups excluding carboxylic acids is 2. The van der Waals surface area contributed by atoms with E-state index in [0.29, 0.717) is 18.1 Å². The van der Waals surface area contributed by atoms with Crippen LogP contribution in [0.2, 0.25) is 5.02 Å². The maximum Gasteiger partial charge on any atom is 0.244 e. The van der Waals surface area contributed by atoms with Gasteiger partial charge in [0, 0.05) is 33.1 Å². The molecule has 1 aromatic heterocycles. The van der Waals surface area contributed by atoms with Crippen LogP contribution >= 0.6 is 11.6 Å². The second-order valence-electron chi connectivity index (χ2n) is 6.03. The Morgan fingerprint density at radius 2 is 1.86 bits per heavy atom. The first-order valence-electron chi connectivity index (χ1n) is 7.49. The number of hydrogen-bond acceptors (Lipinski definition) is 3. The second-order valence-corrected chi connectivity index (χ2v) is 6.41. The Morgan fingerprint density at radius 1 is 1.27 bits per heavy atom. The third-order valence-electron chi connectivity index (χ3n) is 4.22. The fourth-order valence-corrected chi connectivity index (χ4v) is 2.93. The highest BCUT2D eigenvalue weighted by atomic mass is 35.5. The molecule has 1 aliphatic rings. The number of hydrogen-bond donors (Lipinski definition) is 0. The molecule has 0 unspecified atom stereocenters. The highest BCUT2D eigenvalue weighted by Gasteiger charge is 2.28. The number of halogens is 1. The van der Waals surface area contributed by atoms with Gasteiger partial charge in [0.05, 0.1) is 16.4 Å². The minimum Gasteiger partial charge on any atom is -0.349 e. The number of carbonyl (C=O) groups is 2. The molecule has 1 aromatic rings. The van der Waals surface area contributed by atoms with Crippen molar-refractivity contribution in [1.82, 2.24) is 19.6 Å². The van der Waals surface area contributed by atoms with Gasteiger partial charge in [0.25, 0.3) is 0 Å². The van der Waals surface area contributed by atoms with Crippen molar-refractivity contribution >= 4 is 23.4 Å². The molecule has 2 heterocycles. The van der Waals surface area contributed by atoms with Gasteiger partial charge in [0.2, 0.25) is 11.8 Å². The maximum atomic E-state index is 12.4. The van der Waals surface area contributed by atoms with Gasteiger partial charge >= 0.3 is 0 Å². The van der Waals surface area contributed by atoms with Crippen LogP contribution in [0.15, 0.2) is 0 Å². The first-order valence-corrected chi connectivity index (χ1v) is 7.87. The summed E-state index contributed by atoms with van der Waals surface area (Å²) >= 11 is 6.10. The lowest BCUT2D eigenvalue weighted by Gasteiger charge is -2.32. The Bertz CT molecular complexity index is 574. The Labute approximate surface area is 136 Å². The zero-order chi connectivity index (χ0) is 16.4. The molecule has 0 saturated carbocycles. The summed E-state index contributed by atoms with van der Waals surface area (Å²) in [6.07, 6.45) is 1.45. The summed E-state index contributed by atoms with van der Waals surface area (Å²) in [5, 5.41) is 4.90. The quantitative estimate of drug-likeness (QED) is 0.845. The van der Waals surface area contributed by atoms with Crippen LogP contribution in [-0.4, -0.2) is 58.6 Å². The van der Waals surface area contributed by atoms with Gasteiger partial charge in [-0.05, 0) is 26.7 Å². The molecule has 6 nitrogen and oxygen atoms in total. The van der Waals surface area contributed by atoms with Crippen LogP contribution in [0.25, 0.3) is 0 Å². The normalized spacial score (nSPS) is 16.0. The third kappa shape index (κ3) is 3.43. The predicted octanol–water partition coefficient (Wildman–Crippen LogP) is 1.48. The number of aryl methyl sites for hydroxylation is 1. The summed E-state index contributed by atoms with van der Waals surface area (Å²) in [6.45, 7) is 5.13. The van der Waals surface area contributed by atoms with Crippen LogP contribution in [0.3, 0.4) is 0 Å². The monoisotopic (exact) mass is 326 g/mol. The molecule has 2 rings (SSSR count). The lowest BCUT2D eigenvalue weighted by molar-refractivity contribution is -0.139. The number of rotatable bonds is 3. The second kappa shape index (κ2) is 6.69. The van der Waals surface area contributed by atoms with Crippen molar-refractivity contribution < 1.29 is 9.59 Å². The van der Waals surface area contributed by atoms with Crippen molar-refractivity contribution in [2.24, 2.45) is 5.92 Å². The van der Waals surface area contributed by atoms with Gasteiger partial charge in [-0.3, -0.25) is 14.3 Å². The summed E-state index contributed by atoms with van der Waals surface area (Å²) in [5.74, 6) is 0.206. The average Bonchev–Trinajstić information content (AvgIpc) is 2.73. The molecular weight excluding hydrogens is 304 g/mol. The van der Waals surface area contributed by atoms with Crippen molar-refractivity contribution in [3.63, 3.8) is 0 Å². The number of aromatic nitrogens is 2. The van der Waals surface area contributed by atoms with Crippen LogP contribution in [0, 0.1) is 19.8 Å². The summed E-state index contributed by atoms with van der Waals surface area (Å²) in [5.41, 5.74) is 1.55. The number of piperidine rings is 1. The molecule has 1 aliphatic heterocycles. The summed E-state index contributed by atoms with van der Waals surface area (Å²) in [7, 11) is 3.54. The zero-order valence-corrected chi connectivity index (χ0v) is 14.4. The predicted molar refractivity (Wildman–Crippen MR) is 84.7 cm³/mol. The Kier molecular flexibility index (Phi) is 5.11. The van der Waals surface area contributed by atoms with Gasteiger partial charge in [-0.25, -0.2) is 0 Å². The Balaban J connectivity index is 1.93.